The van der Waals surface area contributed by atoms with Gasteiger partial charge in [0, 0.05) is 16.8 Å². The molecule has 0 bridgehead atoms. The third-order valence-corrected chi connectivity index (χ3v) is 4.87. The lowest BCUT2D eigenvalue weighted by Crippen LogP contribution is -2.40. The van der Waals surface area contributed by atoms with Crippen LogP contribution in [0.15, 0.2) is 53.6 Å². The molecule has 0 saturated carbocycles. The molecule has 2 atom stereocenters. The summed E-state index contributed by atoms with van der Waals surface area (Å²) < 4.78 is 0. The van der Waals surface area contributed by atoms with Crippen LogP contribution in [0.2, 0.25) is 0 Å². The summed E-state index contributed by atoms with van der Waals surface area (Å²) >= 11 is 1.85. The van der Waals surface area contributed by atoms with Crippen LogP contribution in [0.4, 0.5) is 4.79 Å². The number of urea groups is 1. The van der Waals surface area contributed by atoms with Crippen molar-refractivity contribution >= 4 is 17.8 Å². The van der Waals surface area contributed by atoms with Gasteiger partial charge in [-0.15, -0.1) is 11.8 Å². The van der Waals surface area contributed by atoms with Crippen molar-refractivity contribution in [2.45, 2.75) is 30.3 Å². The first-order valence-electron chi connectivity index (χ1n) is 7.44. The van der Waals surface area contributed by atoms with Crippen molar-refractivity contribution < 1.29 is 4.79 Å². The van der Waals surface area contributed by atoms with Gasteiger partial charge in [-0.1, -0.05) is 24.3 Å². The van der Waals surface area contributed by atoms with Gasteiger partial charge in [0.05, 0.1) is 17.8 Å². The molecule has 22 heavy (non-hydrogen) atoms. The first-order valence-corrected chi connectivity index (χ1v) is 8.42. The summed E-state index contributed by atoms with van der Waals surface area (Å²) in [5.41, 5.74) is 2.07. The van der Waals surface area contributed by atoms with Gasteiger partial charge in [-0.2, -0.15) is 0 Å². The molecule has 0 unspecified atom stereocenters. The van der Waals surface area contributed by atoms with E-state index in [1.807, 2.05) is 49.0 Å². The Morgan fingerprint density at radius 2 is 2.09 bits per heavy atom. The molecule has 3 rings (SSSR count). The fourth-order valence-electron chi connectivity index (χ4n) is 2.59. The minimum atomic E-state index is -0.148. The van der Waals surface area contributed by atoms with Gasteiger partial charge in [0.25, 0.3) is 0 Å². The molecule has 2 aromatic rings. The lowest BCUT2D eigenvalue weighted by molar-refractivity contribution is 0.233. The van der Waals surface area contributed by atoms with E-state index >= 15 is 0 Å². The van der Waals surface area contributed by atoms with E-state index < -0.39 is 0 Å². The molecule has 0 spiro atoms. The normalized spacial score (nSPS) is 18.1. The Hall–Kier alpha value is -2.01. The molecular formula is C17H19N3OS. The van der Waals surface area contributed by atoms with Gasteiger partial charge in [0.15, 0.2) is 0 Å². The second-order valence-corrected chi connectivity index (χ2v) is 6.46. The maximum absolute atomic E-state index is 12.2. The van der Waals surface area contributed by atoms with Gasteiger partial charge < -0.3 is 10.6 Å². The minimum Gasteiger partial charge on any atom is -0.331 e. The molecule has 0 fully saturated rings. The van der Waals surface area contributed by atoms with Gasteiger partial charge in [0.2, 0.25) is 0 Å². The van der Waals surface area contributed by atoms with E-state index in [1.54, 1.807) is 6.20 Å². The number of nitrogens with one attached hydrogen (secondary N) is 2. The molecule has 4 nitrogen and oxygen atoms in total. The largest absolute Gasteiger partial charge is 0.331 e. The number of rotatable bonds is 3. The first-order chi connectivity index (χ1) is 10.7. The molecule has 5 heteroatoms. The van der Waals surface area contributed by atoms with Gasteiger partial charge in [0.1, 0.15) is 0 Å². The maximum Gasteiger partial charge on any atom is 0.315 e. The predicted molar refractivity (Wildman–Crippen MR) is 88.8 cm³/mol. The quantitative estimate of drug-likeness (QED) is 0.909. The van der Waals surface area contributed by atoms with Gasteiger partial charge in [-0.3, -0.25) is 4.98 Å². The number of pyridine rings is 1. The van der Waals surface area contributed by atoms with Crippen LogP contribution in [-0.2, 0) is 0 Å². The van der Waals surface area contributed by atoms with Crippen LogP contribution in [0.25, 0.3) is 0 Å². The predicted octanol–water partition coefficient (Wildman–Crippen LogP) is 3.68. The van der Waals surface area contributed by atoms with Crippen LogP contribution >= 0.6 is 11.8 Å². The van der Waals surface area contributed by atoms with Crippen LogP contribution in [0.1, 0.15) is 36.7 Å². The summed E-state index contributed by atoms with van der Waals surface area (Å²) in [4.78, 5) is 17.8. The van der Waals surface area contributed by atoms with Crippen LogP contribution in [0.5, 0.6) is 0 Å². The number of hydrogen-bond acceptors (Lipinski definition) is 3. The highest BCUT2D eigenvalue weighted by Crippen LogP contribution is 2.35. The Morgan fingerprint density at radius 3 is 2.91 bits per heavy atom. The first kappa shape index (κ1) is 14.9. The molecule has 0 radical (unpaired) electrons. The molecule has 1 aromatic heterocycles. The van der Waals surface area contributed by atoms with E-state index in [9.17, 15) is 4.79 Å². The van der Waals surface area contributed by atoms with Crippen molar-refractivity contribution in [1.29, 1.82) is 0 Å². The zero-order chi connectivity index (χ0) is 15.4. The van der Waals surface area contributed by atoms with Crippen LogP contribution in [0, 0.1) is 0 Å². The highest BCUT2D eigenvalue weighted by atomic mass is 32.2. The molecule has 0 aliphatic carbocycles. The zero-order valence-electron chi connectivity index (χ0n) is 12.5. The van der Waals surface area contributed by atoms with E-state index in [0.717, 1.165) is 17.9 Å². The highest BCUT2D eigenvalue weighted by Gasteiger charge is 2.22. The molecule has 2 heterocycles. The van der Waals surface area contributed by atoms with Crippen molar-refractivity contribution in [3.05, 3.63) is 59.9 Å². The summed E-state index contributed by atoms with van der Waals surface area (Å²) in [6.45, 7) is 1.94. The summed E-state index contributed by atoms with van der Waals surface area (Å²) in [5.74, 6) is 1.03. The molecule has 0 saturated heterocycles. The second kappa shape index (κ2) is 6.83. The number of carbonyl (C=O) groups is 1. The van der Waals surface area contributed by atoms with E-state index in [2.05, 4.69) is 27.8 Å². The Labute approximate surface area is 134 Å². The number of amides is 2. The zero-order valence-corrected chi connectivity index (χ0v) is 13.3. The molecule has 114 valence electrons. The number of aromatic nitrogens is 1. The summed E-state index contributed by atoms with van der Waals surface area (Å²) in [6.07, 6.45) is 2.69. The summed E-state index contributed by atoms with van der Waals surface area (Å²) in [7, 11) is 0. The van der Waals surface area contributed by atoms with E-state index in [4.69, 9.17) is 0 Å². The lowest BCUT2D eigenvalue weighted by Gasteiger charge is -2.26. The van der Waals surface area contributed by atoms with Gasteiger partial charge >= 0.3 is 6.03 Å². The van der Waals surface area contributed by atoms with Crippen LogP contribution in [0.3, 0.4) is 0 Å². The summed E-state index contributed by atoms with van der Waals surface area (Å²) in [6, 6.07) is 13.8. The Kier molecular flexibility index (Phi) is 4.63. The van der Waals surface area contributed by atoms with Crippen molar-refractivity contribution in [1.82, 2.24) is 15.6 Å². The highest BCUT2D eigenvalue weighted by molar-refractivity contribution is 7.99. The molecule has 1 aliphatic rings. The van der Waals surface area contributed by atoms with E-state index in [0.29, 0.717) is 0 Å². The van der Waals surface area contributed by atoms with E-state index in [-0.39, 0.29) is 18.1 Å². The number of nitrogens with zero attached hydrogens (tertiary/aromatic N) is 1. The fourth-order valence-corrected chi connectivity index (χ4v) is 3.72. The number of carbonyl (C=O) groups excluding carboxylic acids is 1. The monoisotopic (exact) mass is 313 g/mol. The summed E-state index contributed by atoms with van der Waals surface area (Å²) in [5, 5.41) is 6.04. The third kappa shape index (κ3) is 3.42. The van der Waals surface area contributed by atoms with E-state index in [1.165, 1.54) is 10.5 Å². The number of fused-ring (bicyclic) bond motifs is 1. The smallest absolute Gasteiger partial charge is 0.315 e. The number of thioether (sulfide) groups is 1. The number of benzene rings is 1. The third-order valence-electron chi connectivity index (χ3n) is 3.74. The van der Waals surface area contributed by atoms with Crippen LogP contribution < -0.4 is 10.6 Å². The minimum absolute atomic E-state index is 0.0772. The van der Waals surface area contributed by atoms with Crippen LogP contribution in [-0.4, -0.2) is 16.8 Å². The SMILES string of the molecule is C[C@@H](NC(=O)N[C@H]1CCSc2ccccc21)c1ccccn1. The molecule has 1 aliphatic heterocycles. The Bertz CT molecular complexity index is 647. The van der Waals surface area contributed by atoms with Crippen molar-refractivity contribution in [3.63, 3.8) is 0 Å². The van der Waals surface area contributed by atoms with Crippen molar-refractivity contribution in [2.24, 2.45) is 0 Å². The maximum atomic E-state index is 12.2. The molecule has 1 aromatic carbocycles. The molecule has 2 amide bonds. The molecular weight excluding hydrogens is 294 g/mol. The molecule has 2 N–H and O–H groups in total. The average molecular weight is 313 g/mol. The fraction of sp³-hybridized carbons (Fsp3) is 0.294. The standard InChI is InChI=1S/C17H19N3OS/c1-12(14-7-4-5-10-18-14)19-17(21)20-15-9-11-22-16-8-3-2-6-13(15)16/h2-8,10,12,15H,9,11H2,1H3,(H2,19,20,21)/t12-,15+/m1/s1. The lowest BCUT2D eigenvalue weighted by atomic mass is 10.0. The topological polar surface area (TPSA) is 54.0 Å². The second-order valence-electron chi connectivity index (χ2n) is 5.32. The Morgan fingerprint density at radius 1 is 1.27 bits per heavy atom. The van der Waals surface area contributed by atoms with Gasteiger partial charge in [-0.05, 0) is 37.1 Å². The van der Waals surface area contributed by atoms with Crippen molar-refractivity contribution in [2.75, 3.05) is 5.75 Å². The average Bonchev–Trinajstić information content (AvgIpc) is 2.56. The van der Waals surface area contributed by atoms with Crippen molar-refractivity contribution in [3.8, 4) is 0 Å². The van der Waals surface area contributed by atoms with Gasteiger partial charge in [-0.25, -0.2) is 4.79 Å². The Balaban J connectivity index is 1.63. The number of hydrogen-bond donors (Lipinski definition) is 2.